The lowest BCUT2D eigenvalue weighted by Gasteiger charge is -1.99. The van der Waals surface area contributed by atoms with E-state index in [2.05, 4.69) is 9.72 Å². The van der Waals surface area contributed by atoms with Crippen LogP contribution >= 0.6 is 0 Å². The molecule has 0 aliphatic heterocycles. The van der Waals surface area contributed by atoms with Crippen LogP contribution in [0.4, 0.5) is 0 Å². The van der Waals surface area contributed by atoms with E-state index in [1.54, 1.807) is 38.3 Å². The van der Waals surface area contributed by atoms with Gasteiger partial charge < -0.3 is 14.5 Å². The number of ether oxygens (including phenoxy) is 2. The van der Waals surface area contributed by atoms with Crippen molar-refractivity contribution >= 4 is 22.7 Å². The summed E-state index contributed by atoms with van der Waals surface area (Å²) in [5.74, 6) is -0.898. The van der Waals surface area contributed by atoms with Gasteiger partial charge in [0, 0.05) is 10.9 Å². The predicted molar refractivity (Wildman–Crippen MR) is 65.8 cm³/mol. The number of aromatic nitrogens is 1. The summed E-state index contributed by atoms with van der Waals surface area (Å²) >= 11 is 0. The molecule has 1 aromatic carbocycles. The molecule has 0 bridgehead atoms. The normalized spacial score (nSPS) is 10.3. The van der Waals surface area contributed by atoms with Crippen molar-refractivity contribution in [2.24, 2.45) is 0 Å². The number of hydrogen-bond donors (Lipinski definition) is 1. The van der Waals surface area contributed by atoms with Crippen LogP contribution in [0.15, 0.2) is 24.3 Å². The molecule has 2 aromatic rings. The predicted octanol–water partition coefficient (Wildman–Crippen LogP) is 1.92. The number of carbonyl (C=O) groups excluding carboxylic acids is 2. The molecule has 5 nitrogen and oxygen atoms in total. The maximum absolute atomic E-state index is 11.8. The van der Waals surface area contributed by atoms with E-state index in [4.69, 9.17) is 4.74 Å². The monoisotopic (exact) mass is 247 g/mol. The summed E-state index contributed by atoms with van der Waals surface area (Å²) in [5, 5.41) is 0.757. The Bertz CT molecular complexity index is 600. The van der Waals surface area contributed by atoms with Crippen LogP contribution in [0.1, 0.15) is 17.4 Å². The Morgan fingerprint density at radius 2 is 2.11 bits per heavy atom. The van der Waals surface area contributed by atoms with E-state index < -0.39 is 11.8 Å². The molecule has 0 saturated carbocycles. The van der Waals surface area contributed by atoms with Crippen molar-refractivity contribution in [3.63, 3.8) is 0 Å². The zero-order valence-electron chi connectivity index (χ0n) is 10.1. The van der Waals surface area contributed by atoms with E-state index in [0.717, 1.165) is 10.9 Å². The average Bonchev–Trinajstić information content (AvgIpc) is 2.81. The summed E-state index contributed by atoms with van der Waals surface area (Å²) in [7, 11) is 1.55. The summed E-state index contributed by atoms with van der Waals surface area (Å²) in [6.07, 6.45) is 0. The molecular formula is C13H13NO4. The first-order valence-corrected chi connectivity index (χ1v) is 5.54. The van der Waals surface area contributed by atoms with Crippen LogP contribution in [-0.4, -0.2) is 30.5 Å². The van der Waals surface area contributed by atoms with E-state index in [0.29, 0.717) is 5.75 Å². The third kappa shape index (κ3) is 2.07. The summed E-state index contributed by atoms with van der Waals surface area (Å²) in [5.41, 5.74) is 0.940. The van der Waals surface area contributed by atoms with Crippen molar-refractivity contribution in [2.45, 2.75) is 6.92 Å². The summed E-state index contributed by atoms with van der Waals surface area (Å²) in [4.78, 5) is 26.0. The molecule has 1 aromatic heterocycles. The lowest BCUT2D eigenvalue weighted by atomic mass is 10.2. The van der Waals surface area contributed by atoms with Crippen molar-refractivity contribution in [1.29, 1.82) is 0 Å². The zero-order chi connectivity index (χ0) is 13.1. The van der Waals surface area contributed by atoms with Crippen LogP contribution in [0.3, 0.4) is 0 Å². The van der Waals surface area contributed by atoms with Crippen LogP contribution in [-0.2, 0) is 9.53 Å². The molecule has 5 heteroatoms. The fourth-order valence-corrected chi connectivity index (χ4v) is 1.73. The van der Waals surface area contributed by atoms with E-state index in [-0.39, 0.29) is 12.3 Å². The molecule has 94 valence electrons. The standard InChI is InChI=1S/C13H13NO4/c1-3-18-13(16)12(15)10-7-8-9(14-10)5-4-6-11(8)17-2/h4-7,14H,3H2,1-2H3. The number of fused-ring (bicyclic) bond motifs is 1. The molecule has 18 heavy (non-hydrogen) atoms. The number of hydrogen-bond acceptors (Lipinski definition) is 4. The van der Waals surface area contributed by atoms with Crippen LogP contribution in [0.25, 0.3) is 10.9 Å². The lowest BCUT2D eigenvalue weighted by molar-refractivity contribution is -0.137. The smallest absolute Gasteiger partial charge is 0.381 e. The summed E-state index contributed by atoms with van der Waals surface area (Å²) in [6, 6.07) is 6.98. The first-order valence-electron chi connectivity index (χ1n) is 5.54. The van der Waals surface area contributed by atoms with Gasteiger partial charge in [0.2, 0.25) is 0 Å². The van der Waals surface area contributed by atoms with Gasteiger partial charge in [-0.2, -0.15) is 0 Å². The van der Waals surface area contributed by atoms with Crippen LogP contribution in [0.2, 0.25) is 0 Å². The number of nitrogens with one attached hydrogen (secondary N) is 1. The van der Waals surface area contributed by atoms with Gasteiger partial charge in [0.1, 0.15) is 5.75 Å². The third-order valence-corrected chi connectivity index (χ3v) is 2.55. The molecule has 0 atom stereocenters. The van der Waals surface area contributed by atoms with Crippen LogP contribution in [0, 0.1) is 0 Å². The van der Waals surface area contributed by atoms with Gasteiger partial charge in [0.15, 0.2) is 0 Å². The highest BCUT2D eigenvalue weighted by Crippen LogP contribution is 2.26. The topological polar surface area (TPSA) is 68.4 Å². The van der Waals surface area contributed by atoms with E-state index in [1.807, 2.05) is 0 Å². The maximum Gasteiger partial charge on any atom is 0.381 e. The Labute approximate surface area is 104 Å². The maximum atomic E-state index is 11.8. The molecule has 0 spiro atoms. The molecule has 0 aliphatic rings. The second-order valence-corrected chi connectivity index (χ2v) is 3.65. The van der Waals surface area contributed by atoms with Crippen LogP contribution < -0.4 is 4.74 Å². The largest absolute Gasteiger partial charge is 0.496 e. The number of carbonyl (C=O) groups is 2. The number of esters is 1. The fraction of sp³-hybridized carbons (Fsp3) is 0.231. The molecule has 1 heterocycles. The van der Waals surface area contributed by atoms with Crippen molar-refractivity contribution < 1.29 is 19.1 Å². The average molecular weight is 247 g/mol. The third-order valence-electron chi connectivity index (χ3n) is 2.55. The van der Waals surface area contributed by atoms with Gasteiger partial charge in [0.05, 0.1) is 19.4 Å². The number of H-pyrrole nitrogens is 1. The Morgan fingerprint density at radius 3 is 2.78 bits per heavy atom. The minimum Gasteiger partial charge on any atom is -0.496 e. The molecule has 0 unspecified atom stereocenters. The molecule has 0 saturated heterocycles. The number of aromatic amines is 1. The molecule has 2 rings (SSSR count). The van der Waals surface area contributed by atoms with Gasteiger partial charge in [-0.1, -0.05) is 6.07 Å². The molecular weight excluding hydrogens is 234 g/mol. The highest BCUT2D eigenvalue weighted by Gasteiger charge is 2.20. The van der Waals surface area contributed by atoms with Crippen molar-refractivity contribution in [3.8, 4) is 5.75 Å². The Morgan fingerprint density at radius 1 is 1.33 bits per heavy atom. The number of Topliss-reactive ketones (excluding diaryl/α,β-unsaturated/α-hetero) is 1. The van der Waals surface area contributed by atoms with Crippen molar-refractivity contribution in [3.05, 3.63) is 30.0 Å². The minimum atomic E-state index is -0.858. The fourth-order valence-electron chi connectivity index (χ4n) is 1.73. The quantitative estimate of drug-likeness (QED) is 0.509. The first-order chi connectivity index (χ1) is 8.67. The molecule has 0 fully saturated rings. The number of rotatable bonds is 4. The molecule has 0 radical (unpaired) electrons. The SMILES string of the molecule is CCOC(=O)C(=O)c1cc2c(OC)cccc2[nH]1. The molecule has 1 N–H and O–H groups in total. The summed E-state index contributed by atoms with van der Waals surface area (Å²) in [6.45, 7) is 1.83. The Kier molecular flexibility index (Phi) is 3.32. The first kappa shape index (κ1) is 12.2. The van der Waals surface area contributed by atoms with Gasteiger partial charge in [0.25, 0.3) is 5.78 Å². The van der Waals surface area contributed by atoms with Gasteiger partial charge in [-0.25, -0.2) is 4.79 Å². The second-order valence-electron chi connectivity index (χ2n) is 3.65. The lowest BCUT2D eigenvalue weighted by Crippen LogP contribution is -2.17. The van der Waals surface area contributed by atoms with Gasteiger partial charge >= 0.3 is 5.97 Å². The van der Waals surface area contributed by atoms with Gasteiger partial charge in [-0.3, -0.25) is 4.79 Å². The second kappa shape index (κ2) is 4.91. The molecule has 0 aliphatic carbocycles. The number of methoxy groups -OCH3 is 1. The highest BCUT2D eigenvalue weighted by molar-refractivity contribution is 6.40. The minimum absolute atomic E-state index is 0.175. The Balaban J connectivity index is 2.41. The summed E-state index contributed by atoms with van der Waals surface area (Å²) < 4.78 is 9.85. The van der Waals surface area contributed by atoms with Crippen molar-refractivity contribution in [2.75, 3.05) is 13.7 Å². The number of ketones is 1. The zero-order valence-corrected chi connectivity index (χ0v) is 10.1. The number of benzene rings is 1. The highest BCUT2D eigenvalue weighted by atomic mass is 16.5. The van der Waals surface area contributed by atoms with Crippen LogP contribution in [0.5, 0.6) is 5.75 Å². The van der Waals surface area contributed by atoms with E-state index in [9.17, 15) is 9.59 Å². The van der Waals surface area contributed by atoms with Gasteiger partial charge in [-0.15, -0.1) is 0 Å². The Hall–Kier alpha value is -2.30. The van der Waals surface area contributed by atoms with Crippen molar-refractivity contribution in [1.82, 2.24) is 4.98 Å². The van der Waals surface area contributed by atoms with E-state index in [1.165, 1.54) is 0 Å². The van der Waals surface area contributed by atoms with Gasteiger partial charge in [-0.05, 0) is 25.1 Å². The molecule has 0 amide bonds. The van der Waals surface area contributed by atoms with E-state index >= 15 is 0 Å².